The maximum atomic E-state index is 11.3. The van der Waals surface area contributed by atoms with Gasteiger partial charge in [0.15, 0.2) is 0 Å². The Morgan fingerprint density at radius 2 is 2.23 bits per heavy atom. The van der Waals surface area contributed by atoms with E-state index in [0.717, 1.165) is 18.4 Å². The zero-order valence-corrected chi connectivity index (χ0v) is 8.02. The number of methoxy groups -OCH3 is 1. The Bertz CT molecular complexity index is 371. The first-order valence-corrected chi connectivity index (χ1v) is 4.50. The topological polar surface area (TPSA) is 26.3 Å². The third kappa shape index (κ3) is 1.22. The van der Waals surface area contributed by atoms with Gasteiger partial charge < -0.3 is 4.74 Å². The first-order valence-electron chi connectivity index (χ1n) is 4.12. The van der Waals surface area contributed by atoms with Gasteiger partial charge in [0.05, 0.1) is 17.7 Å². The molecule has 1 aliphatic rings. The fourth-order valence-electron chi connectivity index (χ4n) is 1.59. The molecule has 0 heterocycles. The maximum Gasteiger partial charge on any atom is 0.339 e. The van der Waals surface area contributed by atoms with Gasteiger partial charge in [0.25, 0.3) is 0 Å². The third-order valence-corrected chi connectivity index (χ3v) is 2.71. The summed E-state index contributed by atoms with van der Waals surface area (Å²) in [5, 5.41) is 0.491. The van der Waals surface area contributed by atoms with Gasteiger partial charge in [-0.2, -0.15) is 0 Å². The van der Waals surface area contributed by atoms with E-state index in [4.69, 9.17) is 11.6 Å². The van der Waals surface area contributed by atoms with Crippen molar-refractivity contribution >= 4 is 17.6 Å². The van der Waals surface area contributed by atoms with Crippen LogP contribution in [0.25, 0.3) is 0 Å². The molecule has 0 saturated heterocycles. The summed E-state index contributed by atoms with van der Waals surface area (Å²) in [4.78, 5) is 11.3. The molecule has 0 bridgehead atoms. The van der Waals surface area contributed by atoms with Crippen LogP contribution in [0.3, 0.4) is 0 Å². The summed E-state index contributed by atoms with van der Waals surface area (Å²) in [7, 11) is 1.37. The second kappa shape index (κ2) is 3.04. The lowest BCUT2D eigenvalue weighted by Crippen LogP contribution is -2.16. The highest BCUT2D eigenvalue weighted by atomic mass is 35.5. The molecule has 0 atom stereocenters. The average Bonchev–Trinajstić information content (AvgIpc) is 2.09. The molecular weight excluding hydrogens is 188 g/mol. The Kier molecular flexibility index (Phi) is 2.00. The lowest BCUT2D eigenvalue weighted by Gasteiger charge is -2.21. The number of benzene rings is 1. The minimum Gasteiger partial charge on any atom is -0.465 e. The van der Waals surface area contributed by atoms with Crippen molar-refractivity contribution in [2.24, 2.45) is 0 Å². The molecule has 2 rings (SSSR count). The number of halogens is 1. The molecule has 3 heteroatoms. The van der Waals surface area contributed by atoms with Crippen LogP contribution < -0.4 is 0 Å². The molecule has 0 aromatic heterocycles. The van der Waals surface area contributed by atoms with Crippen molar-refractivity contribution in [1.29, 1.82) is 0 Å². The zero-order chi connectivity index (χ0) is 9.42. The molecular formula is C10H9ClO2. The largest absolute Gasteiger partial charge is 0.465 e. The third-order valence-electron chi connectivity index (χ3n) is 2.39. The van der Waals surface area contributed by atoms with Gasteiger partial charge in [-0.15, -0.1) is 0 Å². The highest BCUT2D eigenvalue weighted by Crippen LogP contribution is 2.31. The number of carbonyl (C=O) groups is 1. The van der Waals surface area contributed by atoms with Crippen molar-refractivity contribution in [3.05, 3.63) is 33.8 Å². The van der Waals surface area contributed by atoms with E-state index in [9.17, 15) is 4.79 Å². The van der Waals surface area contributed by atoms with Gasteiger partial charge in [-0.05, 0) is 30.0 Å². The Balaban J connectivity index is 2.55. The summed E-state index contributed by atoms with van der Waals surface area (Å²) in [6, 6.07) is 3.72. The standard InChI is InChI=1S/C10H9ClO2/c1-13-10(12)9-7-4-2-6(7)3-5-8(9)11/h3,5H,2,4H2,1H3. The highest BCUT2D eigenvalue weighted by molar-refractivity contribution is 6.33. The van der Waals surface area contributed by atoms with Crippen molar-refractivity contribution in [2.75, 3.05) is 7.11 Å². The van der Waals surface area contributed by atoms with Crippen molar-refractivity contribution in [1.82, 2.24) is 0 Å². The number of hydrogen-bond acceptors (Lipinski definition) is 2. The Hall–Kier alpha value is -1.02. The molecule has 0 saturated carbocycles. The average molecular weight is 197 g/mol. The smallest absolute Gasteiger partial charge is 0.339 e. The van der Waals surface area contributed by atoms with Gasteiger partial charge in [0.2, 0.25) is 0 Å². The van der Waals surface area contributed by atoms with E-state index in [-0.39, 0.29) is 5.97 Å². The molecule has 0 spiro atoms. The first kappa shape index (κ1) is 8.57. The molecule has 0 N–H and O–H groups in total. The second-order valence-electron chi connectivity index (χ2n) is 3.05. The molecule has 0 amide bonds. The number of aryl methyl sites for hydroxylation is 1. The van der Waals surface area contributed by atoms with E-state index < -0.39 is 0 Å². The van der Waals surface area contributed by atoms with Crippen LogP contribution in [0.2, 0.25) is 5.02 Å². The van der Waals surface area contributed by atoms with Gasteiger partial charge in [-0.3, -0.25) is 0 Å². The number of carbonyl (C=O) groups excluding carboxylic acids is 1. The van der Waals surface area contributed by atoms with Crippen molar-refractivity contribution < 1.29 is 9.53 Å². The monoisotopic (exact) mass is 196 g/mol. The fourth-order valence-corrected chi connectivity index (χ4v) is 1.84. The van der Waals surface area contributed by atoms with Gasteiger partial charge >= 0.3 is 5.97 Å². The van der Waals surface area contributed by atoms with Crippen LogP contribution in [0, 0.1) is 0 Å². The normalized spacial score (nSPS) is 13.1. The van der Waals surface area contributed by atoms with E-state index >= 15 is 0 Å². The number of rotatable bonds is 1. The molecule has 0 radical (unpaired) electrons. The molecule has 13 heavy (non-hydrogen) atoms. The van der Waals surface area contributed by atoms with Crippen molar-refractivity contribution in [3.8, 4) is 0 Å². The summed E-state index contributed by atoms with van der Waals surface area (Å²) < 4.78 is 4.66. The lowest BCUT2D eigenvalue weighted by molar-refractivity contribution is 0.0599. The molecule has 68 valence electrons. The van der Waals surface area contributed by atoms with Crippen LogP contribution in [0.5, 0.6) is 0 Å². The summed E-state index contributed by atoms with van der Waals surface area (Å²) in [6.45, 7) is 0. The molecule has 0 unspecified atom stereocenters. The number of fused-ring (bicyclic) bond motifs is 1. The molecule has 1 aromatic carbocycles. The summed E-state index contributed by atoms with van der Waals surface area (Å²) in [5.74, 6) is -0.332. The SMILES string of the molecule is COC(=O)c1c(Cl)ccc2c1CC2. The van der Waals surface area contributed by atoms with Gasteiger partial charge in [0.1, 0.15) is 0 Å². The minimum atomic E-state index is -0.332. The highest BCUT2D eigenvalue weighted by Gasteiger charge is 2.24. The fraction of sp³-hybridized carbons (Fsp3) is 0.300. The quantitative estimate of drug-likeness (QED) is 0.644. The maximum absolute atomic E-state index is 11.3. The van der Waals surface area contributed by atoms with E-state index in [1.54, 1.807) is 6.07 Å². The summed E-state index contributed by atoms with van der Waals surface area (Å²) in [6.07, 6.45) is 1.97. The van der Waals surface area contributed by atoms with Crippen molar-refractivity contribution in [3.63, 3.8) is 0 Å². The van der Waals surface area contributed by atoms with Crippen LogP contribution in [0.15, 0.2) is 12.1 Å². The first-order chi connectivity index (χ1) is 6.24. The summed E-state index contributed by atoms with van der Waals surface area (Å²) >= 11 is 5.91. The molecule has 2 nitrogen and oxygen atoms in total. The number of esters is 1. The Morgan fingerprint density at radius 1 is 1.46 bits per heavy atom. The Labute approximate surface area is 81.5 Å². The van der Waals surface area contributed by atoms with Crippen molar-refractivity contribution in [2.45, 2.75) is 12.8 Å². The van der Waals surface area contributed by atoms with Crippen LogP contribution >= 0.6 is 11.6 Å². The minimum absolute atomic E-state index is 0.332. The summed E-state index contributed by atoms with van der Waals surface area (Å²) in [5.41, 5.74) is 2.82. The van der Waals surface area contributed by atoms with E-state index in [2.05, 4.69) is 4.74 Å². The van der Waals surface area contributed by atoms with E-state index in [0.29, 0.717) is 10.6 Å². The Morgan fingerprint density at radius 3 is 2.77 bits per heavy atom. The number of hydrogen-bond donors (Lipinski definition) is 0. The number of ether oxygens (including phenoxy) is 1. The van der Waals surface area contributed by atoms with Crippen LogP contribution in [-0.4, -0.2) is 13.1 Å². The van der Waals surface area contributed by atoms with E-state index in [1.807, 2.05) is 6.07 Å². The van der Waals surface area contributed by atoms with E-state index in [1.165, 1.54) is 12.7 Å². The molecule has 0 aliphatic heterocycles. The lowest BCUT2D eigenvalue weighted by atomic mass is 9.85. The predicted octanol–water partition coefficient (Wildman–Crippen LogP) is 2.23. The molecule has 0 fully saturated rings. The molecule has 1 aromatic rings. The second-order valence-corrected chi connectivity index (χ2v) is 3.46. The van der Waals surface area contributed by atoms with Gasteiger partial charge in [0, 0.05) is 0 Å². The van der Waals surface area contributed by atoms with Gasteiger partial charge in [-0.25, -0.2) is 4.79 Å². The van der Waals surface area contributed by atoms with Crippen LogP contribution in [-0.2, 0) is 17.6 Å². The zero-order valence-electron chi connectivity index (χ0n) is 7.26. The van der Waals surface area contributed by atoms with Gasteiger partial charge in [-0.1, -0.05) is 17.7 Å². The predicted molar refractivity (Wildman–Crippen MR) is 50.2 cm³/mol. The van der Waals surface area contributed by atoms with Crippen LogP contribution in [0.1, 0.15) is 21.5 Å². The van der Waals surface area contributed by atoms with Crippen LogP contribution in [0.4, 0.5) is 0 Å². The molecule has 1 aliphatic carbocycles.